The van der Waals surface area contributed by atoms with Crippen molar-refractivity contribution >= 4 is 40.9 Å². The minimum Gasteiger partial charge on any atom is -0.319 e. The number of nitrogens with zero attached hydrogens (tertiary/aromatic N) is 2. The number of anilines is 1. The van der Waals surface area contributed by atoms with Crippen LogP contribution in [0.2, 0.25) is 10.0 Å². The lowest BCUT2D eigenvalue weighted by Gasteiger charge is -2.09. The molecule has 0 bridgehead atoms. The molecule has 0 aliphatic heterocycles. The van der Waals surface area contributed by atoms with Crippen LogP contribution in [-0.4, -0.2) is 15.7 Å². The van der Waals surface area contributed by atoms with Crippen LogP contribution in [0.15, 0.2) is 48.5 Å². The van der Waals surface area contributed by atoms with E-state index in [0.29, 0.717) is 28.2 Å². The van der Waals surface area contributed by atoms with Gasteiger partial charge in [0.25, 0.3) is 0 Å². The highest BCUT2D eigenvalue weighted by Crippen LogP contribution is 2.27. The second kappa shape index (κ2) is 9.50. The Morgan fingerprint density at radius 3 is 2.33 bits per heavy atom. The van der Waals surface area contributed by atoms with Crippen molar-refractivity contribution in [3.05, 3.63) is 86.7 Å². The molecule has 1 N–H and O–H groups in total. The number of benzene rings is 2. The van der Waals surface area contributed by atoms with Crippen molar-refractivity contribution in [2.45, 2.75) is 40.2 Å². The van der Waals surface area contributed by atoms with E-state index < -0.39 is 0 Å². The van der Waals surface area contributed by atoms with Crippen molar-refractivity contribution in [1.29, 1.82) is 0 Å². The first-order valence-electron chi connectivity index (χ1n) is 9.82. The van der Waals surface area contributed by atoms with Crippen LogP contribution in [0.3, 0.4) is 0 Å². The van der Waals surface area contributed by atoms with Crippen LogP contribution in [-0.2, 0) is 11.3 Å². The molecule has 0 saturated carbocycles. The summed E-state index contributed by atoms with van der Waals surface area (Å²) in [5.41, 5.74) is 5.32. The number of hydrogen-bond donors (Lipinski definition) is 1. The smallest absolute Gasteiger partial charge is 0.248 e. The summed E-state index contributed by atoms with van der Waals surface area (Å²) in [6.07, 6.45) is 3.34. The largest absolute Gasteiger partial charge is 0.319 e. The Bertz CT molecular complexity index is 1060. The third-order valence-electron chi connectivity index (χ3n) is 5.03. The van der Waals surface area contributed by atoms with Crippen LogP contribution >= 0.6 is 23.2 Å². The summed E-state index contributed by atoms with van der Waals surface area (Å²) in [7, 11) is 0. The highest BCUT2D eigenvalue weighted by Gasteiger charge is 2.15. The van der Waals surface area contributed by atoms with Crippen molar-refractivity contribution in [3.8, 4) is 0 Å². The Balaban J connectivity index is 1.73. The molecular weight excluding hydrogens is 417 g/mol. The molecule has 0 radical (unpaired) electrons. The van der Waals surface area contributed by atoms with E-state index in [1.807, 2.05) is 32.0 Å². The Labute approximate surface area is 187 Å². The zero-order valence-electron chi connectivity index (χ0n) is 17.5. The molecule has 3 aromatic rings. The van der Waals surface area contributed by atoms with Gasteiger partial charge in [-0.2, -0.15) is 5.10 Å². The Kier molecular flexibility index (Phi) is 7.01. The molecule has 0 unspecified atom stereocenters. The van der Waals surface area contributed by atoms with Crippen LogP contribution in [0.1, 0.15) is 47.8 Å². The van der Waals surface area contributed by atoms with Gasteiger partial charge < -0.3 is 5.32 Å². The number of amides is 1. The van der Waals surface area contributed by atoms with E-state index in [4.69, 9.17) is 23.2 Å². The van der Waals surface area contributed by atoms with Gasteiger partial charge in [-0.05, 0) is 49.1 Å². The second-order valence-corrected chi connectivity index (χ2v) is 8.36. The van der Waals surface area contributed by atoms with Gasteiger partial charge in [0.1, 0.15) is 0 Å². The molecule has 0 spiro atoms. The van der Waals surface area contributed by atoms with Crippen molar-refractivity contribution < 1.29 is 4.79 Å². The lowest BCUT2D eigenvalue weighted by atomic mass is 10.0. The van der Waals surface area contributed by atoms with Gasteiger partial charge in [0, 0.05) is 21.7 Å². The molecule has 1 heterocycles. The van der Waals surface area contributed by atoms with Gasteiger partial charge in [-0.3, -0.25) is 9.48 Å². The Morgan fingerprint density at radius 2 is 1.73 bits per heavy atom. The number of aryl methyl sites for hydroxylation is 1. The summed E-state index contributed by atoms with van der Waals surface area (Å²) < 4.78 is 1.80. The minimum atomic E-state index is -0.204. The third-order valence-corrected chi connectivity index (χ3v) is 5.74. The van der Waals surface area contributed by atoms with Crippen LogP contribution in [0.25, 0.3) is 6.08 Å². The lowest BCUT2D eigenvalue weighted by molar-refractivity contribution is -0.111. The van der Waals surface area contributed by atoms with E-state index in [-0.39, 0.29) is 5.91 Å². The van der Waals surface area contributed by atoms with Gasteiger partial charge in [0.15, 0.2) is 0 Å². The molecule has 6 heteroatoms. The van der Waals surface area contributed by atoms with E-state index >= 15 is 0 Å². The number of hydrogen-bond acceptors (Lipinski definition) is 2. The molecule has 4 nitrogen and oxygen atoms in total. The molecule has 0 atom stereocenters. The Hall–Kier alpha value is -2.56. The minimum absolute atomic E-state index is 0.204. The standard InChI is InChI=1S/C24H25Cl2N3O/c1-15(2)19-11-8-18(9-12-19)10-13-23(30)27-24-16(3)28-29(17(24)4)14-20-21(25)6-5-7-22(20)26/h5-13,15H,14H2,1-4H3,(H,27,30)/b13-10+. The molecule has 30 heavy (non-hydrogen) atoms. The van der Waals surface area contributed by atoms with E-state index in [1.165, 1.54) is 11.6 Å². The van der Waals surface area contributed by atoms with Gasteiger partial charge in [-0.15, -0.1) is 0 Å². The predicted molar refractivity (Wildman–Crippen MR) is 125 cm³/mol. The van der Waals surface area contributed by atoms with Gasteiger partial charge >= 0.3 is 0 Å². The predicted octanol–water partition coefficient (Wildman–Crippen LogP) is 6.63. The van der Waals surface area contributed by atoms with E-state index in [2.05, 4.69) is 36.4 Å². The van der Waals surface area contributed by atoms with Crippen LogP contribution < -0.4 is 5.32 Å². The maximum absolute atomic E-state index is 12.5. The summed E-state index contributed by atoms with van der Waals surface area (Å²) in [6.45, 7) is 8.51. The van der Waals surface area contributed by atoms with Crippen molar-refractivity contribution in [2.24, 2.45) is 0 Å². The molecular formula is C24H25Cl2N3O. The average molecular weight is 442 g/mol. The fraction of sp³-hybridized carbons (Fsp3) is 0.250. The van der Waals surface area contributed by atoms with Crippen LogP contribution in [0, 0.1) is 13.8 Å². The molecule has 156 valence electrons. The van der Waals surface area contributed by atoms with Gasteiger partial charge in [0.2, 0.25) is 5.91 Å². The summed E-state index contributed by atoms with van der Waals surface area (Å²) in [6, 6.07) is 13.6. The first kappa shape index (κ1) is 22.1. The van der Waals surface area contributed by atoms with E-state index in [9.17, 15) is 4.79 Å². The first-order chi connectivity index (χ1) is 14.3. The quantitative estimate of drug-likeness (QED) is 0.436. The highest BCUT2D eigenvalue weighted by molar-refractivity contribution is 6.36. The highest BCUT2D eigenvalue weighted by atomic mass is 35.5. The summed E-state index contributed by atoms with van der Waals surface area (Å²) in [5.74, 6) is 0.277. The van der Waals surface area contributed by atoms with Crippen molar-refractivity contribution in [1.82, 2.24) is 9.78 Å². The van der Waals surface area contributed by atoms with Crippen molar-refractivity contribution in [2.75, 3.05) is 5.32 Å². The van der Waals surface area contributed by atoms with Crippen molar-refractivity contribution in [3.63, 3.8) is 0 Å². The number of aromatic nitrogens is 2. The molecule has 0 aliphatic carbocycles. The van der Waals surface area contributed by atoms with E-state index in [1.54, 1.807) is 22.9 Å². The fourth-order valence-electron chi connectivity index (χ4n) is 3.19. The van der Waals surface area contributed by atoms with Crippen LogP contribution in [0.4, 0.5) is 5.69 Å². The average Bonchev–Trinajstić information content (AvgIpc) is 2.97. The number of halogens is 2. The second-order valence-electron chi connectivity index (χ2n) is 7.55. The van der Waals surface area contributed by atoms with Gasteiger partial charge in [-0.25, -0.2) is 0 Å². The number of rotatable bonds is 6. The van der Waals surface area contributed by atoms with Gasteiger partial charge in [-0.1, -0.05) is 67.4 Å². The topological polar surface area (TPSA) is 46.9 Å². The molecule has 2 aromatic carbocycles. The SMILES string of the molecule is Cc1nn(Cc2c(Cl)cccc2Cl)c(C)c1NC(=O)/C=C/c1ccc(C(C)C)cc1. The monoisotopic (exact) mass is 441 g/mol. The fourth-order valence-corrected chi connectivity index (χ4v) is 3.71. The van der Waals surface area contributed by atoms with Gasteiger partial charge in [0.05, 0.1) is 23.6 Å². The summed E-state index contributed by atoms with van der Waals surface area (Å²) >= 11 is 12.6. The lowest BCUT2D eigenvalue weighted by Crippen LogP contribution is -2.10. The molecule has 0 aliphatic rings. The molecule has 3 rings (SSSR count). The molecule has 1 amide bonds. The molecule has 0 saturated heterocycles. The third kappa shape index (κ3) is 5.13. The maximum atomic E-state index is 12.5. The Morgan fingerprint density at radius 1 is 1.10 bits per heavy atom. The maximum Gasteiger partial charge on any atom is 0.248 e. The first-order valence-corrected chi connectivity index (χ1v) is 10.6. The zero-order valence-corrected chi connectivity index (χ0v) is 19.1. The number of carbonyl (C=O) groups is 1. The number of carbonyl (C=O) groups excluding carboxylic acids is 1. The van der Waals surface area contributed by atoms with Crippen LogP contribution in [0.5, 0.6) is 0 Å². The normalized spacial score (nSPS) is 11.4. The number of nitrogens with one attached hydrogen (secondary N) is 1. The molecule has 0 fully saturated rings. The summed E-state index contributed by atoms with van der Waals surface area (Å²) in [5, 5.41) is 8.66. The zero-order chi connectivity index (χ0) is 21.8. The summed E-state index contributed by atoms with van der Waals surface area (Å²) in [4.78, 5) is 12.5. The molecule has 1 aromatic heterocycles. The van der Waals surface area contributed by atoms with E-state index in [0.717, 1.165) is 22.5 Å².